The van der Waals surface area contributed by atoms with Crippen LogP contribution in [0.15, 0.2) is 81.0 Å². The molecule has 0 heterocycles. The molecule has 0 aromatic carbocycles. The van der Waals surface area contributed by atoms with Crippen molar-refractivity contribution in [2.45, 2.75) is 96.9 Å². The van der Waals surface area contributed by atoms with Crippen molar-refractivity contribution in [2.75, 3.05) is 77.5 Å². The largest absolute Gasteiger partial charge is 0.312 e. The van der Waals surface area contributed by atoms with Gasteiger partial charge < -0.3 is 19.9 Å². The Balaban J connectivity index is -0.0000000327. The Labute approximate surface area is 321 Å². The molecule has 0 amide bonds. The van der Waals surface area contributed by atoms with Crippen LogP contribution < -0.4 is 0 Å². The number of azo groups is 1. The normalized spacial score (nSPS) is 6.63. The molecule has 11 nitrogen and oxygen atoms in total. The summed E-state index contributed by atoms with van der Waals surface area (Å²) in [4.78, 5) is 16.1. The highest BCUT2D eigenvalue weighted by atomic mass is 15.4. The molecule has 0 rings (SSSR count). The predicted molar refractivity (Wildman–Crippen MR) is 249 cm³/mol. The van der Waals surface area contributed by atoms with E-state index in [9.17, 15) is 0 Å². The molecule has 51 heavy (non-hydrogen) atoms. The third-order valence-corrected chi connectivity index (χ3v) is 2.73. The van der Waals surface area contributed by atoms with E-state index in [-0.39, 0.29) is 0 Å². The van der Waals surface area contributed by atoms with E-state index in [0.717, 1.165) is 11.4 Å². The van der Waals surface area contributed by atoms with Gasteiger partial charge in [0, 0.05) is 88.0 Å². The third-order valence-electron chi connectivity index (χ3n) is 2.73. The Morgan fingerprint density at radius 1 is 0.451 bits per heavy atom. The summed E-state index contributed by atoms with van der Waals surface area (Å²) in [7, 11) is 19.8. The van der Waals surface area contributed by atoms with E-state index in [4.69, 9.17) is 0 Å². The Morgan fingerprint density at radius 3 is 0.569 bits per heavy atom. The SMILES string of the molecule is C=C(C)C.C=C(C)C.C=NC.C=NC.C=NN(C)C.C=NN=C.CC#CC.CC(C)=C(C)C.CN(C)C.CN=C(C)C.CN=C(C)C.CN=NC. The summed E-state index contributed by atoms with van der Waals surface area (Å²) < 4.78 is 0. The number of hydrogen-bond donors (Lipinski definition) is 0. The van der Waals surface area contributed by atoms with E-state index < -0.39 is 0 Å². The maximum atomic E-state index is 3.81. The zero-order valence-corrected chi connectivity index (χ0v) is 38.9. The van der Waals surface area contributed by atoms with E-state index in [2.05, 4.69) is 132 Å². The minimum absolute atomic E-state index is 1.13. The van der Waals surface area contributed by atoms with E-state index >= 15 is 0 Å². The molecule has 0 atom stereocenters. The molecule has 11 heteroatoms. The van der Waals surface area contributed by atoms with Gasteiger partial charge in [0.25, 0.3) is 0 Å². The van der Waals surface area contributed by atoms with Crippen molar-refractivity contribution in [3.63, 3.8) is 0 Å². The first-order valence-electron chi connectivity index (χ1n) is 15.8. The minimum atomic E-state index is 1.13. The number of nitrogens with zero attached hydrogens (tertiary/aromatic N) is 11. The first kappa shape index (κ1) is 81.1. The lowest BCUT2D eigenvalue weighted by Crippen LogP contribution is -1.99. The number of rotatable bonds is 2. The zero-order valence-electron chi connectivity index (χ0n) is 38.9. The van der Waals surface area contributed by atoms with Gasteiger partial charge in [-0.15, -0.1) is 25.0 Å². The summed E-state index contributed by atoms with van der Waals surface area (Å²) in [6.45, 7) is 50.5. The van der Waals surface area contributed by atoms with E-state index in [0.29, 0.717) is 0 Å². The van der Waals surface area contributed by atoms with Crippen LogP contribution in [-0.2, 0) is 0 Å². The van der Waals surface area contributed by atoms with Gasteiger partial charge in [-0.2, -0.15) is 25.5 Å². The molecule has 0 saturated heterocycles. The fourth-order valence-corrected chi connectivity index (χ4v) is 0. The predicted octanol–water partition coefficient (Wildman–Crippen LogP) is 10.7. The van der Waals surface area contributed by atoms with Crippen LogP contribution in [0, 0.1) is 11.8 Å². The summed E-state index contributed by atoms with van der Waals surface area (Å²) in [5.74, 6) is 5.36. The molecule has 0 bridgehead atoms. The van der Waals surface area contributed by atoms with Crippen LogP contribution in [0.2, 0.25) is 0 Å². The highest BCUT2D eigenvalue weighted by Gasteiger charge is 1.75. The molecule has 0 aliphatic rings. The van der Waals surface area contributed by atoms with Gasteiger partial charge in [-0.05, 0) is 132 Å². The van der Waals surface area contributed by atoms with Crippen molar-refractivity contribution < 1.29 is 0 Å². The van der Waals surface area contributed by atoms with Crippen molar-refractivity contribution in [1.82, 2.24) is 9.91 Å². The topological polar surface area (TPSA) is 118 Å². The van der Waals surface area contributed by atoms with Crippen LogP contribution in [0.4, 0.5) is 0 Å². The fraction of sp³-hybridized carbons (Fsp3) is 0.625. The van der Waals surface area contributed by atoms with Gasteiger partial charge in [0.1, 0.15) is 0 Å². The Morgan fingerprint density at radius 2 is 0.569 bits per heavy atom. The van der Waals surface area contributed by atoms with Crippen molar-refractivity contribution in [2.24, 2.45) is 45.5 Å². The molecule has 0 saturated carbocycles. The number of hydrogen-bond acceptors (Lipinski definition) is 11. The van der Waals surface area contributed by atoms with Crippen LogP contribution in [0.25, 0.3) is 0 Å². The summed E-state index contributed by atoms with van der Waals surface area (Å²) in [6, 6.07) is 0. The lowest BCUT2D eigenvalue weighted by Gasteiger charge is -1.97. The van der Waals surface area contributed by atoms with Crippen LogP contribution in [0.1, 0.15) is 96.9 Å². The van der Waals surface area contributed by atoms with E-state index in [1.807, 2.05) is 109 Å². The van der Waals surface area contributed by atoms with Crippen LogP contribution >= 0.6 is 0 Å². The molecule has 0 aliphatic heterocycles. The Hall–Kier alpha value is -4.17. The Kier molecular flexibility index (Phi) is 154. The molecule has 0 N–H and O–H groups in total. The second-order valence-corrected chi connectivity index (χ2v) is 10.9. The van der Waals surface area contributed by atoms with Crippen molar-refractivity contribution in [3.05, 3.63) is 35.5 Å². The second kappa shape index (κ2) is 96.9. The smallest absolute Gasteiger partial charge is 0.0487 e. The highest BCUT2D eigenvalue weighted by Crippen LogP contribution is 1.97. The molecule has 0 fully saturated rings. The molecule has 0 aromatic heterocycles. The van der Waals surface area contributed by atoms with Crippen LogP contribution in [0.3, 0.4) is 0 Å². The second-order valence-electron chi connectivity index (χ2n) is 10.9. The number of hydrazone groups is 1. The van der Waals surface area contributed by atoms with Crippen molar-refractivity contribution in [1.29, 1.82) is 0 Å². The third kappa shape index (κ3) is 1130. The quantitative estimate of drug-likeness (QED) is 0.0927. The van der Waals surface area contributed by atoms with E-state index in [1.54, 1.807) is 47.3 Å². The number of allylic oxidation sites excluding steroid dienone is 4. The molecule has 0 spiro atoms. The van der Waals surface area contributed by atoms with Gasteiger partial charge in [-0.1, -0.05) is 22.3 Å². The van der Waals surface area contributed by atoms with Gasteiger partial charge in [0.2, 0.25) is 0 Å². The van der Waals surface area contributed by atoms with Crippen molar-refractivity contribution >= 4 is 45.0 Å². The minimum Gasteiger partial charge on any atom is -0.312 e. The fourth-order valence-electron chi connectivity index (χ4n) is 0. The van der Waals surface area contributed by atoms with Gasteiger partial charge in [-0.3, -0.25) is 9.98 Å². The highest BCUT2D eigenvalue weighted by molar-refractivity contribution is 5.79. The molecule has 0 radical (unpaired) electrons. The van der Waals surface area contributed by atoms with Crippen molar-refractivity contribution in [3.8, 4) is 11.8 Å². The van der Waals surface area contributed by atoms with Gasteiger partial charge in [-0.25, -0.2) is 0 Å². The standard InChI is InChI=1S/C6H12.2C4H9N.2C4H8.C4H6.C3H8N2.C3H9N.C2H6N2.C2H4N2.2C2H5N/c1-5(2)6(3)4;2*1-4(2)5-3;2*1-4(2)3;1-3-4-2;1-4-5(2)3;1-4(2)3;2*1-3-4-2;2*1-3-2/h1-4H3;2*1-3H3;2*1H2,2-3H3;1-2H3;1H2,2-3H3;1-3H3;1-2H3;1-2H2;2*1H2,2H3. The first-order valence-corrected chi connectivity index (χ1v) is 15.8. The van der Waals surface area contributed by atoms with Gasteiger partial charge in [0.15, 0.2) is 0 Å². The van der Waals surface area contributed by atoms with Crippen LogP contribution in [-0.4, -0.2) is 132 Å². The average molecular weight is 724 g/mol. The van der Waals surface area contributed by atoms with Crippen LogP contribution in [0.5, 0.6) is 0 Å². The average Bonchev–Trinajstić information content (AvgIpc) is 3.02. The molecule has 0 aromatic rings. The van der Waals surface area contributed by atoms with Gasteiger partial charge >= 0.3 is 0 Å². The monoisotopic (exact) mass is 724 g/mol. The maximum Gasteiger partial charge on any atom is 0.0487 e. The summed E-state index contributed by atoms with van der Waals surface area (Å²) in [5.41, 5.74) is 7.44. The summed E-state index contributed by atoms with van der Waals surface area (Å²) >= 11 is 0. The van der Waals surface area contributed by atoms with Gasteiger partial charge in [0.05, 0.1) is 0 Å². The Bertz CT molecular complexity index is 810. The molecule has 0 aliphatic carbocycles. The first-order chi connectivity index (χ1) is 23.2. The summed E-state index contributed by atoms with van der Waals surface area (Å²) in [5, 5.41) is 17.8. The number of aliphatic imine (C=N–C) groups is 4. The maximum absolute atomic E-state index is 3.81. The molecule has 0 unspecified atom stereocenters. The lowest BCUT2D eigenvalue weighted by atomic mass is 10.2. The lowest BCUT2D eigenvalue weighted by molar-refractivity contribution is 0.442. The molecule has 304 valence electrons. The molecular formula is C40H89N11. The van der Waals surface area contributed by atoms with E-state index in [1.165, 1.54) is 22.3 Å². The molecular weight excluding hydrogens is 635 g/mol. The zero-order chi connectivity index (χ0) is 44.4. The summed E-state index contributed by atoms with van der Waals surface area (Å²) in [6.07, 6.45) is 0.